The molecular formula is C29H22F6N6O2. The molecule has 1 fully saturated rings. The van der Waals surface area contributed by atoms with E-state index in [0.717, 1.165) is 16.8 Å². The zero-order chi connectivity index (χ0) is 30.6. The van der Waals surface area contributed by atoms with Crippen molar-refractivity contribution in [2.45, 2.75) is 38.0 Å². The number of pyridine rings is 1. The largest absolute Gasteiger partial charge is 0.419 e. The minimum atomic E-state index is -4.96. The van der Waals surface area contributed by atoms with E-state index >= 15 is 0 Å². The highest BCUT2D eigenvalue weighted by molar-refractivity contribution is 5.94. The second-order valence-corrected chi connectivity index (χ2v) is 10.3. The number of nitrogens with one attached hydrogen (secondary N) is 1. The van der Waals surface area contributed by atoms with Crippen molar-refractivity contribution in [3.05, 3.63) is 100 Å². The van der Waals surface area contributed by atoms with E-state index in [1.165, 1.54) is 34.0 Å². The Morgan fingerprint density at radius 1 is 1.05 bits per heavy atom. The first-order chi connectivity index (χ1) is 20.4. The van der Waals surface area contributed by atoms with Crippen molar-refractivity contribution < 1.29 is 31.1 Å². The molecule has 1 amide bonds. The van der Waals surface area contributed by atoms with Gasteiger partial charge in [0.25, 0.3) is 5.91 Å². The third kappa shape index (κ3) is 4.96. The number of likely N-dealkylation sites (tertiary alicyclic amines) is 1. The van der Waals surface area contributed by atoms with Crippen molar-refractivity contribution in [2.75, 3.05) is 6.54 Å². The van der Waals surface area contributed by atoms with Crippen LogP contribution in [-0.4, -0.2) is 47.7 Å². The van der Waals surface area contributed by atoms with E-state index in [-0.39, 0.29) is 47.5 Å². The van der Waals surface area contributed by atoms with Gasteiger partial charge < -0.3 is 9.88 Å². The lowest BCUT2D eigenvalue weighted by molar-refractivity contribution is -0.140. The maximum Gasteiger partial charge on any atom is 0.419 e. The third-order valence-corrected chi connectivity index (χ3v) is 7.63. The Labute approximate surface area is 239 Å². The lowest BCUT2D eigenvalue weighted by Gasteiger charge is -2.37. The molecule has 0 bridgehead atoms. The Kier molecular flexibility index (Phi) is 6.86. The lowest BCUT2D eigenvalue weighted by Crippen LogP contribution is -2.46. The number of H-pyrrole nitrogens is 1. The topological polar surface area (TPSA) is 88.8 Å². The van der Waals surface area contributed by atoms with Crippen LogP contribution in [-0.2, 0) is 6.18 Å². The Balaban J connectivity index is 1.34. The molecule has 1 aliphatic rings. The standard InChI is InChI=1S/C29H22F6N6O2/c1-15-11-17(40-26-22(37-28(40)43)7-6-21(31)25(26)32)8-10-39(15)27(42)23-13-24(16-3-2-9-36-14-16)41(38-23)18-4-5-20(30)19(12-18)29(33,34)35/h2-7,9,12-15,17H,8,10-11H2,1H3,(H,37,43). The summed E-state index contributed by atoms with van der Waals surface area (Å²) in [5.41, 5.74) is -1.62. The molecule has 3 aromatic heterocycles. The fourth-order valence-electron chi connectivity index (χ4n) is 5.60. The molecule has 1 aliphatic heterocycles. The first-order valence-corrected chi connectivity index (χ1v) is 13.2. The molecule has 2 atom stereocenters. The molecule has 1 saturated heterocycles. The van der Waals surface area contributed by atoms with E-state index in [4.69, 9.17) is 0 Å². The number of carbonyl (C=O) groups is 1. The summed E-state index contributed by atoms with van der Waals surface area (Å²) in [5, 5.41) is 4.32. The predicted octanol–water partition coefficient (Wildman–Crippen LogP) is 5.88. The number of benzene rings is 2. The fourth-order valence-corrected chi connectivity index (χ4v) is 5.60. The molecule has 222 valence electrons. The first kappa shape index (κ1) is 28.2. The van der Waals surface area contributed by atoms with Crippen LogP contribution in [0.5, 0.6) is 0 Å². The smallest absolute Gasteiger partial charge is 0.334 e. The number of rotatable bonds is 4. The molecule has 4 heterocycles. The maximum atomic E-state index is 14.7. The minimum absolute atomic E-state index is 0.0839. The molecule has 2 aromatic carbocycles. The number of piperidine rings is 1. The van der Waals surface area contributed by atoms with Gasteiger partial charge in [-0.15, -0.1) is 0 Å². The van der Waals surface area contributed by atoms with Crippen LogP contribution in [0.3, 0.4) is 0 Å². The van der Waals surface area contributed by atoms with Crippen LogP contribution >= 0.6 is 0 Å². The quantitative estimate of drug-likeness (QED) is 0.261. The molecule has 6 rings (SSSR count). The van der Waals surface area contributed by atoms with Crippen LogP contribution < -0.4 is 5.69 Å². The summed E-state index contributed by atoms with van der Waals surface area (Å²) in [5.74, 6) is -4.22. The second-order valence-electron chi connectivity index (χ2n) is 10.3. The number of alkyl halides is 3. The number of carbonyl (C=O) groups excluding carboxylic acids is 1. The molecule has 0 radical (unpaired) electrons. The Morgan fingerprint density at radius 2 is 1.81 bits per heavy atom. The van der Waals surface area contributed by atoms with Crippen molar-refractivity contribution in [3.63, 3.8) is 0 Å². The normalized spacial score (nSPS) is 17.5. The van der Waals surface area contributed by atoms with Crippen molar-refractivity contribution in [1.82, 2.24) is 29.2 Å². The average molecular weight is 601 g/mol. The van der Waals surface area contributed by atoms with Crippen LogP contribution in [0.4, 0.5) is 26.3 Å². The second kappa shape index (κ2) is 10.4. The number of aromatic amines is 1. The van der Waals surface area contributed by atoms with Crippen molar-refractivity contribution in [1.29, 1.82) is 0 Å². The summed E-state index contributed by atoms with van der Waals surface area (Å²) in [7, 11) is 0. The van der Waals surface area contributed by atoms with Crippen molar-refractivity contribution >= 4 is 16.9 Å². The van der Waals surface area contributed by atoms with E-state index in [9.17, 15) is 35.9 Å². The van der Waals surface area contributed by atoms with E-state index in [1.807, 2.05) is 0 Å². The summed E-state index contributed by atoms with van der Waals surface area (Å²) in [6.45, 7) is 1.86. The van der Waals surface area contributed by atoms with Crippen LogP contribution in [0.2, 0.25) is 0 Å². The molecule has 14 heteroatoms. The summed E-state index contributed by atoms with van der Waals surface area (Å²) in [6, 6.07) is 8.27. The van der Waals surface area contributed by atoms with Crippen LogP contribution in [0.25, 0.3) is 28.0 Å². The molecule has 1 N–H and O–H groups in total. The van der Waals surface area contributed by atoms with Gasteiger partial charge in [0.05, 0.1) is 22.5 Å². The zero-order valence-corrected chi connectivity index (χ0v) is 22.4. The van der Waals surface area contributed by atoms with Crippen LogP contribution in [0, 0.1) is 17.5 Å². The highest BCUT2D eigenvalue weighted by Gasteiger charge is 2.36. The number of nitrogens with zero attached hydrogens (tertiary/aromatic N) is 5. The highest BCUT2D eigenvalue weighted by Crippen LogP contribution is 2.35. The number of fused-ring (bicyclic) bond motifs is 1. The molecule has 8 nitrogen and oxygen atoms in total. The predicted molar refractivity (Wildman–Crippen MR) is 143 cm³/mol. The van der Waals surface area contributed by atoms with Gasteiger partial charge in [0.15, 0.2) is 17.3 Å². The molecule has 5 aromatic rings. The maximum absolute atomic E-state index is 14.7. The molecule has 2 unspecified atom stereocenters. The number of hydrogen-bond donors (Lipinski definition) is 1. The number of halogens is 6. The minimum Gasteiger partial charge on any atom is -0.334 e. The SMILES string of the molecule is CC1CC(n2c(=O)[nH]c3ccc(F)c(F)c32)CCN1C(=O)c1cc(-c2cccnc2)n(-c2ccc(F)c(C(F)(F)F)c2)n1. The van der Waals surface area contributed by atoms with Gasteiger partial charge in [0.2, 0.25) is 0 Å². The van der Waals surface area contributed by atoms with E-state index < -0.39 is 52.9 Å². The van der Waals surface area contributed by atoms with E-state index in [1.54, 1.807) is 19.1 Å². The van der Waals surface area contributed by atoms with Crippen molar-refractivity contribution in [2.24, 2.45) is 0 Å². The van der Waals surface area contributed by atoms with Crippen LogP contribution in [0.15, 0.2) is 65.7 Å². The third-order valence-electron chi connectivity index (χ3n) is 7.63. The average Bonchev–Trinajstić information content (AvgIpc) is 3.56. The Morgan fingerprint density at radius 3 is 2.51 bits per heavy atom. The molecule has 0 aliphatic carbocycles. The van der Waals surface area contributed by atoms with Gasteiger partial charge >= 0.3 is 11.9 Å². The summed E-state index contributed by atoms with van der Waals surface area (Å²) in [4.78, 5) is 34.5. The summed E-state index contributed by atoms with van der Waals surface area (Å²) >= 11 is 0. The molecule has 43 heavy (non-hydrogen) atoms. The van der Waals surface area contributed by atoms with Gasteiger partial charge in [-0.2, -0.15) is 18.3 Å². The van der Waals surface area contributed by atoms with Gasteiger partial charge in [-0.25, -0.2) is 22.6 Å². The monoisotopic (exact) mass is 600 g/mol. The lowest BCUT2D eigenvalue weighted by atomic mass is 9.97. The number of hydrogen-bond acceptors (Lipinski definition) is 4. The molecular weight excluding hydrogens is 578 g/mol. The zero-order valence-electron chi connectivity index (χ0n) is 22.4. The molecule has 0 spiro atoms. The van der Waals surface area contributed by atoms with E-state index in [0.29, 0.717) is 17.7 Å². The van der Waals surface area contributed by atoms with Crippen molar-refractivity contribution in [3.8, 4) is 16.9 Å². The van der Waals surface area contributed by atoms with Crippen LogP contribution in [0.1, 0.15) is 41.9 Å². The number of amides is 1. The Bertz CT molecular complexity index is 1910. The first-order valence-electron chi connectivity index (χ1n) is 13.2. The number of aromatic nitrogens is 5. The number of imidazole rings is 1. The van der Waals surface area contributed by atoms with Gasteiger partial charge in [-0.3, -0.25) is 14.3 Å². The van der Waals surface area contributed by atoms with Gasteiger partial charge in [-0.1, -0.05) is 0 Å². The summed E-state index contributed by atoms with van der Waals surface area (Å²) in [6.07, 6.45) is -1.53. The highest BCUT2D eigenvalue weighted by atomic mass is 19.4. The van der Waals surface area contributed by atoms with Gasteiger partial charge in [-0.05, 0) is 68.3 Å². The van der Waals surface area contributed by atoms with Gasteiger partial charge in [0, 0.05) is 36.6 Å². The molecule has 0 saturated carbocycles. The summed E-state index contributed by atoms with van der Waals surface area (Å²) < 4.78 is 85.4. The van der Waals surface area contributed by atoms with Gasteiger partial charge in [0.1, 0.15) is 11.3 Å². The van der Waals surface area contributed by atoms with E-state index in [2.05, 4.69) is 15.1 Å². The Hall–Kier alpha value is -4.88. The fraction of sp³-hybridized carbons (Fsp3) is 0.241.